The standard InChI is InChI=1S/C11H14N2O4S/c1-12-8-10(11(14)15)13(18(12,16)17)7-9-5-3-2-4-6-9/h2-6,10H,7-8H2,1H3,(H,14,15). The summed E-state index contributed by atoms with van der Waals surface area (Å²) < 4.78 is 26.1. The van der Waals surface area contributed by atoms with Gasteiger partial charge in [0.2, 0.25) is 0 Å². The molecule has 0 aliphatic carbocycles. The first kappa shape index (κ1) is 13.0. The molecule has 1 aliphatic heterocycles. The van der Waals surface area contributed by atoms with E-state index in [0.29, 0.717) is 0 Å². The minimum atomic E-state index is -3.67. The Morgan fingerprint density at radius 3 is 2.56 bits per heavy atom. The predicted octanol–water partition coefficient (Wildman–Crippen LogP) is 0.132. The maximum atomic E-state index is 12.0. The molecule has 7 heteroatoms. The molecule has 1 saturated heterocycles. The number of carbonyl (C=O) groups is 1. The first-order chi connectivity index (χ1) is 8.43. The van der Waals surface area contributed by atoms with E-state index in [2.05, 4.69) is 0 Å². The molecule has 18 heavy (non-hydrogen) atoms. The van der Waals surface area contributed by atoms with Crippen LogP contribution >= 0.6 is 0 Å². The Morgan fingerprint density at radius 2 is 2.00 bits per heavy atom. The smallest absolute Gasteiger partial charge is 0.323 e. The highest BCUT2D eigenvalue weighted by Crippen LogP contribution is 2.23. The van der Waals surface area contributed by atoms with Crippen LogP contribution < -0.4 is 0 Å². The summed E-state index contributed by atoms with van der Waals surface area (Å²) in [6, 6.07) is 7.91. The monoisotopic (exact) mass is 270 g/mol. The SMILES string of the molecule is CN1CC(C(=O)O)N(Cc2ccccc2)S1(=O)=O. The van der Waals surface area contributed by atoms with E-state index in [4.69, 9.17) is 5.11 Å². The lowest BCUT2D eigenvalue weighted by Crippen LogP contribution is -2.39. The van der Waals surface area contributed by atoms with Crippen molar-refractivity contribution >= 4 is 16.2 Å². The van der Waals surface area contributed by atoms with Crippen LogP contribution in [0.2, 0.25) is 0 Å². The van der Waals surface area contributed by atoms with Crippen LogP contribution in [-0.4, -0.2) is 47.7 Å². The van der Waals surface area contributed by atoms with Crippen LogP contribution in [-0.2, 0) is 21.5 Å². The second-order valence-electron chi connectivity index (χ2n) is 4.17. The van der Waals surface area contributed by atoms with E-state index >= 15 is 0 Å². The fraction of sp³-hybridized carbons (Fsp3) is 0.364. The van der Waals surface area contributed by atoms with Gasteiger partial charge in [0, 0.05) is 20.1 Å². The zero-order chi connectivity index (χ0) is 13.3. The van der Waals surface area contributed by atoms with E-state index < -0.39 is 22.2 Å². The highest BCUT2D eigenvalue weighted by molar-refractivity contribution is 7.87. The van der Waals surface area contributed by atoms with Crippen LogP contribution in [0.4, 0.5) is 0 Å². The summed E-state index contributed by atoms with van der Waals surface area (Å²) in [6.45, 7) is 0.0506. The molecule has 98 valence electrons. The topological polar surface area (TPSA) is 77.9 Å². The molecule has 2 rings (SSSR count). The molecular weight excluding hydrogens is 256 g/mol. The summed E-state index contributed by atoms with van der Waals surface area (Å²) in [7, 11) is -2.29. The summed E-state index contributed by atoms with van der Waals surface area (Å²) in [6.07, 6.45) is 0. The van der Waals surface area contributed by atoms with E-state index in [9.17, 15) is 13.2 Å². The molecule has 1 aliphatic rings. The number of rotatable bonds is 3. The van der Waals surface area contributed by atoms with Crippen molar-refractivity contribution in [3.63, 3.8) is 0 Å². The number of hydrogen-bond donors (Lipinski definition) is 1. The van der Waals surface area contributed by atoms with Crippen molar-refractivity contribution in [1.29, 1.82) is 0 Å². The third-order valence-electron chi connectivity index (χ3n) is 2.93. The van der Waals surface area contributed by atoms with Gasteiger partial charge in [-0.05, 0) is 5.56 Å². The normalized spacial score (nSPS) is 24.2. The van der Waals surface area contributed by atoms with E-state index in [1.54, 1.807) is 24.3 Å². The molecule has 0 radical (unpaired) electrons. The maximum absolute atomic E-state index is 12.0. The van der Waals surface area contributed by atoms with Crippen LogP contribution in [0.25, 0.3) is 0 Å². The molecule has 1 unspecified atom stereocenters. The van der Waals surface area contributed by atoms with Gasteiger partial charge >= 0.3 is 5.97 Å². The fourth-order valence-electron chi connectivity index (χ4n) is 1.93. The van der Waals surface area contributed by atoms with Gasteiger partial charge in [-0.25, -0.2) is 0 Å². The number of carboxylic acid groups (broad SMARTS) is 1. The minimum Gasteiger partial charge on any atom is -0.480 e. The van der Waals surface area contributed by atoms with Crippen molar-refractivity contribution in [3.05, 3.63) is 35.9 Å². The molecule has 0 aromatic heterocycles. The fourth-order valence-corrected chi connectivity index (χ4v) is 3.40. The predicted molar refractivity (Wildman–Crippen MR) is 65.0 cm³/mol. The first-order valence-corrected chi connectivity index (χ1v) is 6.82. The second kappa shape index (κ2) is 4.68. The van der Waals surface area contributed by atoms with Gasteiger partial charge in [0.1, 0.15) is 6.04 Å². The largest absolute Gasteiger partial charge is 0.480 e. The average Bonchev–Trinajstić information content (AvgIpc) is 2.54. The van der Waals surface area contributed by atoms with Gasteiger partial charge in [0.25, 0.3) is 10.2 Å². The van der Waals surface area contributed by atoms with Crippen molar-refractivity contribution < 1.29 is 18.3 Å². The summed E-state index contributed by atoms with van der Waals surface area (Å²) in [5.41, 5.74) is 0.766. The lowest BCUT2D eigenvalue weighted by atomic mass is 10.2. The number of hydrogen-bond acceptors (Lipinski definition) is 3. The van der Waals surface area contributed by atoms with Gasteiger partial charge in [-0.15, -0.1) is 0 Å². The average molecular weight is 270 g/mol. The zero-order valence-corrected chi connectivity index (χ0v) is 10.7. The van der Waals surface area contributed by atoms with E-state index in [1.807, 2.05) is 6.07 Å². The molecule has 0 spiro atoms. The number of benzene rings is 1. The van der Waals surface area contributed by atoms with Crippen LogP contribution in [0.1, 0.15) is 5.56 Å². The number of likely N-dealkylation sites (N-methyl/N-ethyl adjacent to an activating group) is 1. The quantitative estimate of drug-likeness (QED) is 0.847. The maximum Gasteiger partial charge on any atom is 0.323 e. The molecule has 1 N–H and O–H groups in total. The summed E-state index contributed by atoms with van der Waals surface area (Å²) in [5.74, 6) is -1.13. The lowest BCUT2D eigenvalue weighted by Gasteiger charge is -2.19. The number of nitrogens with zero attached hydrogens (tertiary/aromatic N) is 2. The Bertz CT molecular complexity index is 543. The van der Waals surface area contributed by atoms with E-state index in [-0.39, 0.29) is 13.1 Å². The first-order valence-electron chi connectivity index (χ1n) is 5.43. The highest BCUT2D eigenvalue weighted by atomic mass is 32.2. The number of carboxylic acids is 1. The summed E-state index contributed by atoms with van der Waals surface area (Å²) in [4.78, 5) is 11.1. The third kappa shape index (κ3) is 2.24. The van der Waals surface area contributed by atoms with Crippen molar-refractivity contribution in [2.24, 2.45) is 0 Å². The molecule has 1 aromatic carbocycles. The summed E-state index contributed by atoms with van der Waals surface area (Å²) >= 11 is 0. The van der Waals surface area contributed by atoms with Crippen molar-refractivity contribution in [3.8, 4) is 0 Å². The van der Waals surface area contributed by atoms with Crippen molar-refractivity contribution in [2.75, 3.05) is 13.6 Å². The second-order valence-corrected chi connectivity index (χ2v) is 6.16. The molecule has 0 bridgehead atoms. The minimum absolute atomic E-state index is 0.0233. The zero-order valence-electron chi connectivity index (χ0n) is 9.85. The van der Waals surface area contributed by atoms with Crippen LogP contribution in [0, 0.1) is 0 Å². The Labute approximate surface area is 106 Å². The van der Waals surface area contributed by atoms with Gasteiger partial charge in [-0.3, -0.25) is 4.79 Å². The molecule has 0 amide bonds. The molecule has 0 saturated carbocycles. The van der Waals surface area contributed by atoms with Crippen LogP contribution in [0.15, 0.2) is 30.3 Å². The molecule has 1 aromatic rings. The third-order valence-corrected chi connectivity index (χ3v) is 4.85. The van der Waals surface area contributed by atoms with Gasteiger partial charge in [0.05, 0.1) is 0 Å². The van der Waals surface area contributed by atoms with Crippen LogP contribution in [0.3, 0.4) is 0 Å². The lowest BCUT2D eigenvalue weighted by molar-refractivity contribution is -0.141. The highest BCUT2D eigenvalue weighted by Gasteiger charge is 2.45. The molecular formula is C11H14N2O4S. The van der Waals surface area contributed by atoms with Gasteiger partial charge < -0.3 is 5.11 Å². The van der Waals surface area contributed by atoms with Crippen LogP contribution in [0.5, 0.6) is 0 Å². The molecule has 1 fully saturated rings. The van der Waals surface area contributed by atoms with Crippen molar-refractivity contribution in [1.82, 2.24) is 8.61 Å². The van der Waals surface area contributed by atoms with Gasteiger partial charge in [0.15, 0.2) is 0 Å². The molecule has 1 heterocycles. The van der Waals surface area contributed by atoms with Crippen molar-refractivity contribution in [2.45, 2.75) is 12.6 Å². The Hall–Kier alpha value is -1.44. The Kier molecular flexibility index (Phi) is 3.38. The van der Waals surface area contributed by atoms with Gasteiger partial charge in [-0.2, -0.15) is 17.0 Å². The van der Waals surface area contributed by atoms with Gasteiger partial charge in [-0.1, -0.05) is 30.3 Å². The Balaban J connectivity index is 2.30. The summed E-state index contributed by atoms with van der Waals surface area (Å²) in [5, 5.41) is 9.08. The Morgan fingerprint density at radius 1 is 1.39 bits per heavy atom. The molecule has 1 atom stereocenters. The molecule has 6 nitrogen and oxygen atoms in total. The van der Waals surface area contributed by atoms with E-state index in [0.717, 1.165) is 14.2 Å². The number of aliphatic carboxylic acids is 1. The van der Waals surface area contributed by atoms with E-state index in [1.165, 1.54) is 7.05 Å².